The number of aliphatic hydroxyl groups excluding tert-OH is 1. The second-order valence-electron chi connectivity index (χ2n) is 5.11. The molecule has 0 aliphatic rings. The van der Waals surface area contributed by atoms with Crippen LogP contribution in [0.1, 0.15) is 33.3 Å². The van der Waals surface area contributed by atoms with E-state index in [2.05, 4.69) is 20.6 Å². The second kappa shape index (κ2) is 5.93. The van der Waals surface area contributed by atoms with Crippen LogP contribution in [0.4, 0.5) is 5.95 Å². The van der Waals surface area contributed by atoms with E-state index < -0.39 is 0 Å². The molecule has 0 atom stereocenters. The lowest BCUT2D eigenvalue weighted by atomic mass is 10.1. The monoisotopic (exact) mass is 238 g/mol. The van der Waals surface area contributed by atoms with Crippen molar-refractivity contribution >= 4 is 5.95 Å². The zero-order chi connectivity index (χ0) is 12.9. The third-order valence-corrected chi connectivity index (χ3v) is 2.29. The van der Waals surface area contributed by atoms with Gasteiger partial charge in [0.15, 0.2) is 0 Å². The second-order valence-corrected chi connectivity index (χ2v) is 5.11. The van der Waals surface area contributed by atoms with Crippen molar-refractivity contribution in [1.82, 2.24) is 15.3 Å². The predicted octanol–water partition coefficient (Wildman–Crippen LogP) is 1.16. The molecule has 0 spiro atoms. The third-order valence-electron chi connectivity index (χ3n) is 2.29. The van der Waals surface area contributed by atoms with Gasteiger partial charge in [0.05, 0.1) is 6.61 Å². The fourth-order valence-corrected chi connectivity index (χ4v) is 1.18. The Kier molecular flexibility index (Phi) is 4.84. The molecule has 0 unspecified atom stereocenters. The highest BCUT2D eigenvalue weighted by molar-refractivity contribution is 5.25. The molecule has 1 rings (SSSR count). The molecule has 17 heavy (non-hydrogen) atoms. The highest BCUT2D eigenvalue weighted by Crippen LogP contribution is 2.05. The molecule has 0 aromatic carbocycles. The van der Waals surface area contributed by atoms with E-state index in [9.17, 15) is 0 Å². The van der Waals surface area contributed by atoms with Crippen LogP contribution < -0.4 is 10.6 Å². The van der Waals surface area contributed by atoms with Gasteiger partial charge in [-0.05, 0) is 27.7 Å². The van der Waals surface area contributed by atoms with Gasteiger partial charge in [-0.15, -0.1) is 0 Å². The number of aliphatic hydroxyl groups is 1. The largest absolute Gasteiger partial charge is 0.394 e. The molecule has 5 heteroatoms. The number of aromatic nitrogens is 2. The van der Waals surface area contributed by atoms with Crippen LogP contribution in [0.5, 0.6) is 0 Å². The lowest BCUT2D eigenvalue weighted by Crippen LogP contribution is -2.42. The van der Waals surface area contributed by atoms with Crippen LogP contribution in [0.15, 0.2) is 12.4 Å². The number of anilines is 1. The van der Waals surface area contributed by atoms with Crippen LogP contribution in [0, 0.1) is 0 Å². The summed E-state index contributed by atoms with van der Waals surface area (Å²) in [7, 11) is 0. The Balaban J connectivity index is 2.51. The lowest BCUT2D eigenvalue weighted by Gasteiger charge is -2.23. The normalized spacial score (nSPS) is 11.9. The summed E-state index contributed by atoms with van der Waals surface area (Å²) >= 11 is 0. The average molecular weight is 238 g/mol. The fraction of sp³-hybridized carbons (Fsp3) is 0.667. The molecule has 1 aromatic rings. The molecule has 5 nitrogen and oxygen atoms in total. The topological polar surface area (TPSA) is 70.1 Å². The van der Waals surface area contributed by atoms with Crippen LogP contribution in [-0.4, -0.2) is 33.3 Å². The molecular weight excluding hydrogens is 216 g/mol. The molecule has 3 N–H and O–H groups in total. The zero-order valence-electron chi connectivity index (χ0n) is 11.0. The summed E-state index contributed by atoms with van der Waals surface area (Å²) in [5.74, 6) is 0.644. The quantitative estimate of drug-likeness (QED) is 0.693. The maximum atomic E-state index is 9.11. The first kappa shape index (κ1) is 13.9. The van der Waals surface area contributed by atoms with Gasteiger partial charge in [0, 0.05) is 36.1 Å². The summed E-state index contributed by atoms with van der Waals surface area (Å²) in [6.07, 6.45) is 3.58. The first-order chi connectivity index (χ1) is 7.93. The van der Waals surface area contributed by atoms with E-state index in [1.54, 1.807) is 12.4 Å². The summed E-state index contributed by atoms with van der Waals surface area (Å²) in [5, 5.41) is 15.5. The van der Waals surface area contributed by atoms with Crippen molar-refractivity contribution < 1.29 is 5.11 Å². The van der Waals surface area contributed by atoms with E-state index in [-0.39, 0.29) is 12.1 Å². The van der Waals surface area contributed by atoms with Crippen LogP contribution in [0.25, 0.3) is 0 Å². The average Bonchev–Trinajstić information content (AvgIpc) is 2.28. The Bertz CT molecular complexity index is 335. The Morgan fingerprint density at radius 2 is 1.88 bits per heavy atom. The van der Waals surface area contributed by atoms with Crippen LogP contribution >= 0.6 is 0 Å². The molecule has 0 amide bonds. The van der Waals surface area contributed by atoms with Gasteiger partial charge in [-0.2, -0.15) is 0 Å². The minimum atomic E-state index is -0.283. The van der Waals surface area contributed by atoms with Crippen molar-refractivity contribution in [2.24, 2.45) is 0 Å². The summed E-state index contributed by atoms with van der Waals surface area (Å²) in [5.41, 5.74) is 0.718. The lowest BCUT2D eigenvalue weighted by molar-refractivity contribution is 0.187. The van der Waals surface area contributed by atoms with Gasteiger partial charge < -0.3 is 15.7 Å². The maximum Gasteiger partial charge on any atom is 0.222 e. The zero-order valence-corrected chi connectivity index (χ0v) is 11.0. The number of nitrogens with zero attached hydrogens (tertiary/aromatic N) is 2. The van der Waals surface area contributed by atoms with Gasteiger partial charge in [0.25, 0.3) is 0 Å². The minimum Gasteiger partial charge on any atom is -0.394 e. The van der Waals surface area contributed by atoms with Gasteiger partial charge in [-0.3, -0.25) is 0 Å². The van der Waals surface area contributed by atoms with Crippen molar-refractivity contribution in [3.8, 4) is 0 Å². The third kappa shape index (κ3) is 5.10. The highest BCUT2D eigenvalue weighted by Gasteiger charge is 2.14. The van der Waals surface area contributed by atoms with E-state index in [4.69, 9.17) is 5.11 Å². The number of rotatable bonds is 6. The van der Waals surface area contributed by atoms with E-state index in [1.807, 2.05) is 27.7 Å². The highest BCUT2D eigenvalue weighted by atomic mass is 16.3. The van der Waals surface area contributed by atoms with Crippen LogP contribution in [0.3, 0.4) is 0 Å². The maximum absolute atomic E-state index is 9.11. The Labute approximate surface area is 103 Å². The predicted molar refractivity (Wildman–Crippen MR) is 68.8 cm³/mol. The van der Waals surface area contributed by atoms with Crippen LogP contribution in [0.2, 0.25) is 0 Å². The van der Waals surface area contributed by atoms with Gasteiger partial charge in [0.2, 0.25) is 5.95 Å². The number of hydrogen-bond acceptors (Lipinski definition) is 5. The number of nitrogens with one attached hydrogen (secondary N) is 2. The van der Waals surface area contributed by atoms with Crippen molar-refractivity contribution in [2.75, 3.05) is 11.9 Å². The van der Waals surface area contributed by atoms with Gasteiger partial charge in [-0.1, -0.05) is 0 Å². The molecule has 0 aliphatic carbocycles. The molecule has 1 heterocycles. The fourth-order valence-electron chi connectivity index (χ4n) is 1.18. The Hall–Kier alpha value is -1.20. The van der Waals surface area contributed by atoms with Crippen molar-refractivity contribution in [3.05, 3.63) is 18.0 Å². The summed E-state index contributed by atoms with van der Waals surface area (Å²) in [6, 6.07) is 0.326. The van der Waals surface area contributed by atoms with E-state index in [0.717, 1.165) is 5.56 Å². The van der Waals surface area contributed by atoms with Crippen molar-refractivity contribution in [1.29, 1.82) is 0 Å². The molecule has 0 radical (unpaired) electrons. The van der Waals surface area contributed by atoms with E-state index in [1.165, 1.54) is 0 Å². The molecule has 0 bridgehead atoms. The van der Waals surface area contributed by atoms with Gasteiger partial charge in [-0.25, -0.2) is 9.97 Å². The molecular formula is C12H22N4O. The van der Waals surface area contributed by atoms with E-state index >= 15 is 0 Å². The summed E-state index contributed by atoms with van der Waals surface area (Å²) in [4.78, 5) is 8.44. The molecule has 0 saturated heterocycles. The van der Waals surface area contributed by atoms with Crippen molar-refractivity contribution in [3.63, 3.8) is 0 Å². The smallest absolute Gasteiger partial charge is 0.222 e. The Morgan fingerprint density at radius 3 is 2.35 bits per heavy atom. The Morgan fingerprint density at radius 1 is 1.29 bits per heavy atom. The van der Waals surface area contributed by atoms with Crippen LogP contribution in [-0.2, 0) is 6.54 Å². The molecule has 0 aliphatic heterocycles. The minimum absolute atomic E-state index is 0.0981. The molecule has 1 aromatic heterocycles. The molecule has 0 saturated carbocycles. The molecule has 96 valence electrons. The summed E-state index contributed by atoms with van der Waals surface area (Å²) < 4.78 is 0. The SMILES string of the molecule is CC(C)Nc1ncc(CNC(C)(C)CO)cn1. The number of hydrogen-bond donors (Lipinski definition) is 3. The summed E-state index contributed by atoms with van der Waals surface area (Å²) in [6.45, 7) is 8.73. The standard InChI is InChI=1S/C12H22N4O/c1-9(2)16-11-13-5-10(6-14-11)7-15-12(3,4)8-17/h5-6,9,15,17H,7-8H2,1-4H3,(H,13,14,16). The van der Waals surface area contributed by atoms with Gasteiger partial charge >= 0.3 is 0 Å². The molecule has 0 fully saturated rings. The van der Waals surface area contributed by atoms with Gasteiger partial charge in [0.1, 0.15) is 0 Å². The van der Waals surface area contributed by atoms with Crippen molar-refractivity contribution in [2.45, 2.75) is 45.8 Å². The van der Waals surface area contributed by atoms with E-state index in [0.29, 0.717) is 18.5 Å². The first-order valence-electron chi connectivity index (χ1n) is 5.86. The first-order valence-corrected chi connectivity index (χ1v) is 5.86.